The molecular weight excluding hydrogens is 428 g/mol. The number of amides is 1. The van der Waals surface area contributed by atoms with Crippen molar-refractivity contribution in [1.29, 1.82) is 0 Å². The molecule has 1 heterocycles. The number of benzene rings is 3. The van der Waals surface area contributed by atoms with Crippen LogP contribution in [0.25, 0.3) is 6.08 Å². The second-order valence-electron chi connectivity index (χ2n) is 6.97. The molecule has 0 fully saturated rings. The van der Waals surface area contributed by atoms with Gasteiger partial charge in [0.2, 0.25) is 0 Å². The Hall–Kier alpha value is -3.02. The molecule has 6 heteroatoms. The number of aryl methyl sites for hydroxylation is 1. The van der Waals surface area contributed by atoms with E-state index < -0.39 is 0 Å². The molecule has 1 N–H and O–H groups in total. The Labute approximate surface area is 191 Å². The maximum absolute atomic E-state index is 12.3. The van der Waals surface area contributed by atoms with Crippen molar-refractivity contribution in [3.63, 3.8) is 0 Å². The number of hydrogen-bond donors (Lipinski definition) is 1. The largest absolute Gasteiger partial charge is 0.489 e. The van der Waals surface area contributed by atoms with Crippen LogP contribution in [0.3, 0.4) is 0 Å². The van der Waals surface area contributed by atoms with Crippen molar-refractivity contribution in [3.8, 4) is 5.75 Å². The van der Waals surface area contributed by atoms with E-state index in [0.717, 1.165) is 29.1 Å². The Bertz CT molecular complexity index is 1110. The predicted molar refractivity (Wildman–Crippen MR) is 128 cm³/mol. The van der Waals surface area contributed by atoms with Crippen molar-refractivity contribution in [2.24, 2.45) is 4.99 Å². The van der Waals surface area contributed by atoms with Crippen LogP contribution in [0.1, 0.15) is 16.7 Å². The van der Waals surface area contributed by atoms with Gasteiger partial charge in [-0.2, -0.15) is 0 Å². The molecule has 4 rings (SSSR count). The van der Waals surface area contributed by atoms with Crippen LogP contribution >= 0.6 is 23.4 Å². The van der Waals surface area contributed by atoms with E-state index in [1.54, 1.807) is 17.8 Å². The molecule has 3 aromatic carbocycles. The van der Waals surface area contributed by atoms with Gasteiger partial charge in [0.1, 0.15) is 18.1 Å². The summed E-state index contributed by atoms with van der Waals surface area (Å²) in [5.41, 5.74) is 3.56. The monoisotopic (exact) mass is 448 g/mol. The molecule has 3 aromatic rings. The molecule has 0 aliphatic carbocycles. The number of hydrogen-bond acceptors (Lipinski definition) is 4. The average Bonchev–Trinajstić information content (AvgIpc) is 3.13. The fourth-order valence-electron chi connectivity index (χ4n) is 3.02. The summed E-state index contributed by atoms with van der Waals surface area (Å²) < 4.78 is 5.87. The SMILES string of the molecule is O=C1NC(SCCc2ccccc2)=N/C1=C\c1cccc(OCc2ccc(Cl)cc2)c1. The Morgan fingerprint density at radius 3 is 2.58 bits per heavy atom. The second-order valence-corrected chi connectivity index (χ2v) is 8.49. The zero-order valence-corrected chi connectivity index (χ0v) is 18.3. The van der Waals surface area contributed by atoms with Crippen LogP contribution in [0.15, 0.2) is 89.6 Å². The normalized spacial score (nSPS) is 14.4. The predicted octanol–water partition coefficient (Wildman–Crippen LogP) is 5.72. The van der Waals surface area contributed by atoms with Crippen LogP contribution in [-0.4, -0.2) is 16.8 Å². The summed E-state index contributed by atoms with van der Waals surface area (Å²) in [5.74, 6) is 1.39. The minimum atomic E-state index is -0.185. The molecule has 0 spiro atoms. The van der Waals surface area contributed by atoms with Crippen LogP contribution < -0.4 is 10.1 Å². The number of rotatable bonds is 7. The van der Waals surface area contributed by atoms with Crippen LogP contribution in [0.5, 0.6) is 5.75 Å². The summed E-state index contributed by atoms with van der Waals surface area (Å²) in [6.07, 6.45) is 2.70. The molecule has 0 bridgehead atoms. The minimum absolute atomic E-state index is 0.185. The number of nitrogens with one attached hydrogen (secondary N) is 1. The number of carbonyl (C=O) groups excluding carboxylic acids is 1. The van der Waals surface area contributed by atoms with Crippen molar-refractivity contribution in [2.45, 2.75) is 13.0 Å². The number of aliphatic imine (C=N–C) groups is 1. The van der Waals surface area contributed by atoms with E-state index in [4.69, 9.17) is 16.3 Å². The molecule has 0 saturated heterocycles. The van der Waals surface area contributed by atoms with Gasteiger partial charge >= 0.3 is 0 Å². The molecule has 1 amide bonds. The van der Waals surface area contributed by atoms with Crippen LogP contribution in [0.2, 0.25) is 5.02 Å². The number of ether oxygens (including phenoxy) is 1. The fourth-order valence-corrected chi connectivity index (χ4v) is 4.01. The Kier molecular flexibility index (Phi) is 7.07. The topological polar surface area (TPSA) is 50.7 Å². The number of halogens is 1. The van der Waals surface area contributed by atoms with E-state index in [-0.39, 0.29) is 5.91 Å². The standard InChI is InChI=1S/C25H21ClN2O2S/c26-21-11-9-19(10-12-21)17-30-22-8-4-7-20(15-22)16-23-24(29)28-25(27-23)31-14-13-18-5-2-1-3-6-18/h1-12,15-16H,13-14,17H2,(H,27,28,29)/b23-16-. The smallest absolute Gasteiger partial charge is 0.275 e. The number of amidine groups is 1. The zero-order valence-electron chi connectivity index (χ0n) is 16.8. The first-order chi connectivity index (χ1) is 15.2. The third kappa shape index (κ3) is 6.23. The van der Waals surface area contributed by atoms with Gasteiger partial charge in [-0.3, -0.25) is 10.1 Å². The van der Waals surface area contributed by atoms with Gasteiger partial charge in [0.15, 0.2) is 5.17 Å². The first kappa shape index (κ1) is 21.2. The maximum atomic E-state index is 12.3. The van der Waals surface area contributed by atoms with Crippen LogP contribution in [0.4, 0.5) is 0 Å². The first-order valence-electron chi connectivity index (χ1n) is 9.91. The van der Waals surface area contributed by atoms with Gasteiger partial charge in [-0.1, -0.05) is 78.0 Å². The first-order valence-corrected chi connectivity index (χ1v) is 11.3. The van der Waals surface area contributed by atoms with Gasteiger partial charge in [-0.05, 0) is 53.5 Å². The number of nitrogens with zero attached hydrogens (tertiary/aromatic N) is 1. The summed E-state index contributed by atoms with van der Waals surface area (Å²) in [7, 11) is 0. The van der Waals surface area contributed by atoms with E-state index in [0.29, 0.717) is 22.5 Å². The summed E-state index contributed by atoms with van der Waals surface area (Å²) in [5, 5.41) is 4.18. The summed E-state index contributed by atoms with van der Waals surface area (Å²) in [4.78, 5) is 16.7. The van der Waals surface area contributed by atoms with Gasteiger partial charge in [-0.15, -0.1) is 0 Å². The van der Waals surface area contributed by atoms with E-state index >= 15 is 0 Å². The van der Waals surface area contributed by atoms with Gasteiger partial charge < -0.3 is 4.74 Å². The lowest BCUT2D eigenvalue weighted by molar-refractivity contribution is -0.115. The third-order valence-corrected chi connectivity index (χ3v) is 5.75. The van der Waals surface area contributed by atoms with Gasteiger partial charge in [0.25, 0.3) is 5.91 Å². The molecule has 0 atom stereocenters. The number of carbonyl (C=O) groups is 1. The lowest BCUT2D eigenvalue weighted by Gasteiger charge is -2.07. The van der Waals surface area contributed by atoms with Crippen molar-refractivity contribution in [3.05, 3.63) is 106 Å². The van der Waals surface area contributed by atoms with Crippen molar-refractivity contribution >= 4 is 40.5 Å². The average molecular weight is 449 g/mol. The second kappa shape index (κ2) is 10.3. The van der Waals surface area contributed by atoms with Crippen LogP contribution in [0, 0.1) is 0 Å². The molecule has 1 aliphatic heterocycles. The molecule has 31 heavy (non-hydrogen) atoms. The maximum Gasteiger partial charge on any atom is 0.275 e. The molecule has 156 valence electrons. The highest BCUT2D eigenvalue weighted by Gasteiger charge is 2.20. The molecule has 0 saturated carbocycles. The molecule has 0 unspecified atom stereocenters. The minimum Gasteiger partial charge on any atom is -0.489 e. The third-order valence-electron chi connectivity index (χ3n) is 4.63. The van der Waals surface area contributed by atoms with Gasteiger partial charge in [0.05, 0.1) is 0 Å². The summed E-state index contributed by atoms with van der Waals surface area (Å²) in [6, 6.07) is 25.4. The van der Waals surface area contributed by atoms with E-state index in [2.05, 4.69) is 22.4 Å². The van der Waals surface area contributed by atoms with Gasteiger partial charge in [0, 0.05) is 10.8 Å². The van der Waals surface area contributed by atoms with Crippen LogP contribution in [-0.2, 0) is 17.8 Å². The fraction of sp³-hybridized carbons (Fsp3) is 0.120. The van der Waals surface area contributed by atoms with E-state index in [1.807, 2.05) is 66.7 Å². The summed E-state index contributed by atoms with van der Waals surface area (Å²) >= 11 is 7.47. The molecule has 0 aromatic heterocycles. The molecule has 0 radical (unpaired) electrons. The quantitative estimate of drug-likeness (QED) is 0.470. The van der Waals surface area contributed by atoms with E-state index in [9.17, 15) is 4.79 Å². The lowest BCUT2D eigenvalue weighted by Crippen LogP contribution is -2.21. The molecular formula is C25H21ClN2O2S. The van der Waals surface area contributed by atoms with Crippen molar-refractivity contribution < 1.29 is 9.53 Å². The highest BCUT2D eigenvalue weighted by molar-refractivity contribution is 8.13. The highest BCUT2D eigenvalue weighted by atomic mass is 35.5. The van der Waals surface area contributed by atoms with Crippen molar-refractivity contribution in [2.75, 3.05) is 5.75 Å². The zero-order chi connectivity index (χ0) is 21.5. The Morgan fingerprint density at radius 1 is 0.968 bits per heavy atom. The lowest BCUT2D eigenvalue weighted by atomic mass is 10.2. The van der Waals surface area contributed by atoms with Crippen molar-refractivity contribution in [1.82, 2.24) is 5.32 Å². The Balaban J connectivity index is 1.36. The molecule has 1 aliphatic rings. The molecule has 4 nitrogen and oxygen atoms in total. The number of thioether (sulfide) groups is 1. The summed E-state index contributed by atoms with van der Waals surface area (Å²) in [6.45, 7) is 0.442. The highest BCUT2D eigenvalue weighted by Crippen LogP contribution is 2.21. The van der Waals surface area contributed by atoms with E-state index in [1.165, 1.54) is 5.56 Å². The Morgan fingerprint density at radius 2 is 1.77 bits per heavy atom. The van der Waals surface area contributed by atoms with Gasteiger partial charge in [-0.25, -0.2) is 4.99 Å².